The highest BCUT2D eigenvalue weighted by molar-refractivity contribution is 6.31. The Labute approximate surface area is 150 Å². The highest BCUT2D eigenvalue weighted by atomic mass is 35.5. The minimum absolute atomic E-state index is 0.0303. The summed E-state index contributed by atoms with van der Waals surface area (Å²) in [5.74, 6) is -1.44. The number of hydrogen-bond acceptors (Lipinski definition) is 3. The molecule has 0 aliphatic carbocycles. The first-order valence-electron chi connectivity index (χ1n) is 7.94. The van der Waals surface area contributed by atoms with Gasteiger partial charge in [-0.05, 0) is 32.0 Å². The fourth-order valence-electron chi connectivity index (χ4n) is 2.58. The SMILES string of the molecule is CC(=O)N1CCN(C(=O)C(C)(C)C(=O)Nc2ccc(F)c(Cl)c2)CC1. The van der Waals surface area contributed by atoms with Gasteiger partial charge >= 0.3 is 0 Å². The standard InChI is InChI=1S/C17H21ClFN3O3/c1-11(23)21-6-8-22(9-7-21)16(25)17(2,3)15(24)20-12-4-5-14(19)13(18)10-12/h4-5,10H,6-9H2,1-3H3,(H,20,24). The number of benzene rings is 1. The zero-order chi connectivity index (χ0) is 18.8. The third-order valence-corrected chi connectivity index (χ3v) is 4.58. The number of nitrogens with one attached hydrogen (secondary N) is 1. The summed E-state index contributed by atoms with van der Waals surface area (Å²) in [7, 11) is 0. The molecule has 0 atom stereocenters. The Morgan fingerprint density at radius 1 is 1.12 bits per heavy atom. The molecule has 0 spiro atoms. The highest BCUT2D eigenvalue weighted by Gasteiger charge is 2.40. The Balaban J connectivity index is 2.03. The molecule has 0 bridgehead atoms. The number of amides is 3. The van der Waals surface area contributed by atoms with Crippen LogP contribution in [-0.2, 0) is 14.4 Å². The molecule has 6 nitrogen and oxygen atoms in total. The molecule has 1 aliphatic heterocycles. The predicted molar refractivity (Wildman–Crippen MR) is 92.7 cm³/mol. The molecule has 1 heterocycles. The van der Waals surface area contributed by atoms with E-state index in [4.69, 9.17) is 11.6 Å². The molecule has 25 heavy (non-hydrogen) atoms. The third kappa shape index (κ3) is 4.28. The number of carbonyl (C=O) groups excluding carboxylic acids is 3. The van der Waals surface area contributed by atoms with Crippen molar-refractivity contribution in [1.82, 2.24) is 9.80 Å². The molecular formula is C17H21ClFN3O3. The fourth-order valence-corrected chi connectivity index (χ4v) is 2.76. The van der Waals surface area contributed by atoms with Crippen LogP contribution in [0.5, 0.6) is 0 Å². The van der Waals surface area contributed by atoms with Crippen LogP contribution in [0.25, 0.3) is 0 Å². The van der Waals surface area contributed by atoms with Crippen LogP contribution in [0, 0.1) is 11.2 Å². The van der Waals surface area contributed by atoms with Crippen LogP contribution in [0.1, 0.15) is 20.8 Å². The Hall–Kier alpha value is -2.15. The summed E-state index contributed by atoms with van der Waals surface area (Å²) in [4.78, 5) is 39.9. The number of halogens is 2. The van der Waals surface area contributed by atoms with Gasteiger partial charge < -0.3 is 15.1 Å². The van der Waals surface area contributed by atoms with Gasteiger partial charge in [0.2, 0.25) is 17.7 Å². The molecule has 1 aliphatic rings. The number of rotatable bonds is 3. The van der Waals surface area contributed by atoms with Crippen molar-refractivity contribution in [2.75, 3.05) is 31.5 Å². The van der Waals surface area contributed by atoms with Crippen LogP contribution >= 0.6 is 11.6 Å². The smallest absolute Gasteiger partial charge is 0.239 e. The Bertz CT molecular complexity index is 700. The van der Waals surface area contributed by atoms with E-state index in [0.717, 1.165) is 6.07 Å². The zero-order valence-corrected chi connectivity index (χ0v) is 15.2. The van der Waals surface area contributed by atoms with Crippen LogP contribution in [0.15, 0.2) is 18.2 Å². The van der Waals surface area contributed by atoms with Gasteiger partial charge in [0.15, 0.2) is 0 Å². The predicted octanol–water partition coefficient (Wildman–Crippen LogP) is 2.13. The van der Waals surface area contributed by atoms with Gasteiger partial charge in [0.1, 0.15) is 11.2 Å². The van der Waals surface area contributed by atoms with E-state index < -0.39 is 17.1 Å². The van der Waals surface area contributed by atoms with Crippen molar-refractivity contribution in [2.45, 2.75) is 20.8 Å². The second kappa shape index (κ2) is 7.39. The maximum atomic E-state index is 13.2. The number of carbonyl (C=O) groups is 3. The van der Waals surface area contributed by atoms with Gasteiger partial charge in [0.25, 0.3) is 0 Å². The maximum absolute atomic E-state index is 13.2. The van der Waals surface area contributed by atoms with E-state index in [1.165, 1.54) is 32.9 Å². The molecular weight excluding hydrogens is 349 g/mol. The van der Waals surface area contributed by atoms with E-state index in [-0.39, 0.29) is 16.8 Å². The highest BCUT2D eigenvalue weighted by Crippen LogP contribution is 2.25. The summed E-state index contributed by atoms with van der Waals surface area (Å²) in [5.41, 5.74) is -0.988. The largest absolute Gasteiger partial charge is 0.339 e. The van der Waals surface area contributed by atoms with Crippen molar-refractivity contribution in [3.63, 3.8) is 0 Å². The van der Waals surface area contributed by atoms with E-state index in [1.54, 1.807) is 9.80 Å². The molecule has 2 rings (SSSR count). The first-order valence-corrected chi connectivity index (χ1v) is 8.32. The fraction of sp³-hybridized carbons (Fsp3) is 0.471. The van der Waals surface area contributed by atoms with Crippen LogP contribution in [0.2, 0.25) is 5.02 Å². The number of nitrogens with zero attached hydrogens (tertiary/aromatic N) is 2. The lowest BCUT2D eigenvalue weighted by molar-refractivity contribution is -0.149. The van der Waals surface area contributed by atoms with Gasteiger partial charge in [-0.3, -0.25) is 14.4 Å². The lowest BCUT2D eigenvalue weighted by atomic mass is 9.89. The van der Waals surface area contributed by atoms with Gasteiger partial charge in [-0.15, -0.1) is 0 Å². The number of piperazine rings is 1. The summed E-state index contributed by atoms with van der Waals surface area (Å²) in [6.45, 7) is 6.23. The molecule has 136 valence electrons. The van der Waals surface area contributed by atoms with E-state index in [9.17, 15) is 18.8 Å². The van der Waals surface area contributed by atoms with Crippen LogP contribution in [0.4, 0.5) is 10.1 Å². The van der Waals surface area contributed by atoms with Crippen LogP contribution in [0.3, 0.4) is 0 Å². The van der Waals surface area contributed by atoms with Gasteiger partial charge in [-0.1, -0.05) is 11.6 Å². The van der Waals surface area contributed by atoms with Crippen LogP contribution < -0.4 is 5.32 Å². The normalized spacial score (nSPS) is 15.1. The van der Waals surface area contributed by atoms with Crippen molar-refractivity contribution >= 4 is 35.0 Å². The molecule has 1 aromatic carbocycles. The molecule has 0 saturated carbocycles. The zero-order valence-electron chi connectivity index (χ0n) is 14.4. The lowest BCUT2D eigenvalue weighted by Gasteiger charge is -2.37. The van der Waals surface area contributed by atoms with E-state index in [1.807, 2.05) is 0 Å². The summed E-state index contributed by atoms with van der Waals surface area (Å²) < 4.78 is 13.2. The Morgan fingerprint density at radius 2 is 1.68 bits per heavy atom. The number of anilines is 1. The van der Waals surface area contributed by atoms with Crippen molar-refractivity contribution in [1.29, 1.82) is 0 Å². The van der Waals surface area contributed by atoms with Gasteiger partial charge in [-0.25, -0.2) is 4.39 Å². The minimum Gasteiger partial charge on any atom is -0.339 e. The second-order valence-corrected chi connectivity index (χ2v) is 6.91. The van der Waals surface area contributed by atoms with E-state index >= 15 is 0 Å². The third-order valence-electron chi connectivity index (χ3n) is 4.29. The molecule has 1 fully saturated rings. The summed E-state index contributed by atoms with van der Waals surface area (Å²) in [6.07, 6.45) is 0. The first-order chi connectivity index (χ1) is 11.6. The molecule has 0 unspecified atom stereocenters. The average molecular weight is 370 g/mol. The lowest BCUT2D eigenvalue weighted by Crippen LogP contribution is -2.55. The first kappa shape index (κ1) is 19.2. The molecule has 3 amide bonds. The molecule has 1 aromatic rings. The van der Waals surface area contributed by atoms with Crippen LogP contribution in [-0.4, -0.2) is 53.7 Å². The molecule has 8 heteroatoms. The van der Waals surface area contributed by atoms with Gasteiger partial charge in [-0.2, -0.15) is 0 Å². The topological polar surface area (TPSA) is 69.7 Å². The summed E-state index contributed by atoms with van der Waals surface area (Å²) in [5, 5.41) is 2.49. The summed E-state index contributed by atoms with van der Waals surface area (Å²) in [6, 6.07) is 3.82. The average Bonchev–Trinajstić information content (AvgIpc) is 2.57. The van der Waals surface area contributed by atoms with Crippen molar-refractivity contribution in [3.05, 3.63) is 29.0 Å². The van der Waals surface area contributed by atoms with Crippen molar-refractivity contribution in [2.24, 2.45) is 5.41 Å². The van der Waals surface area contributed by atoms with Crippen molar-refractivity contribution in [3.8, 4) is 0 Å². The molecule has 0 radical (unpaired) electrons. The minimum atomic E-state index is -1.31. The maximum Gasteiger partial charge on any atom is 0.239 e. The van der Waals surface area contributed by atoms with Crippen molar-refractivity contribution < 1.29 is 18.8 Å². The summed E-state index contributed by atoms with van der Waals surface area (Å²) >= 11 is 5.70. The Kier molecular flexibility index (Phi) is 5.67. The number of hydrogen-bond donors (Lipinski definition) is 1. The van der Waals surface area contributed by atoms with Gasteiger partial charge in [0, 0.05) is 38.8 Å². The molecule has 0 aromatic heterocycles. The van der Waals surface area contributed by atoms with E-state index in [2.05, 4.69) is 5.32 Å². The molecule has 1 saturated heterocycles. The monoisotopic (exact) mass is 369 g/mol. The molecule has 1 N–H and O–H groups in total. The second-order valence-electron chi connectivity index (χ2n) is 6.51. The van der Waals surface area contributed by atoms with Gasteiger partial charge in [0.05, 0.1) is 5.02 Å². The van der Waals surface area contributed by atoms with E-state index in [0.29, 0.717) is 31.9 Å². The quantitative estimate of drug-likeness (QED) is 0.830. The Morgan fingerprint density at radius 3 is 2.20 bits per heavy atom.